The maximum atomic E-state index is 5.36. The molecule has 3 heterocycles. The topological polar surface area (TPSA) is 53.5 Å². The van der Waals surface area contributed by atoms with Crippen molar-refractivity contribution in [2.75, 3.05) is 20.2 Å². The Hall–Kier alpha value is -2.40. The molecular weight excluding hydrogens is 548 g/mol. The monoisotopic (exact) mass is 568 g/mol. The van der Waals surface area contributed by atoms with Gasteiger partial charge in [-0.3, -0.25) is 0 Å². The fraction of sp³-hybridized carbons (Fsp3) is 0.238. The number of nitrogens with one attached hydrogen (secondary N) is 1. The van der Waals surface area contributed by atoms with E-state index in [4.69, 9.17) is 4.74 Å². The van der Waals surface area contributed by atoms with Crippen molar-refractivity contribution in [1.82, 2.24) is 9.97 Å². The first-order valence-corrected chi connectivity index (χ1v) is 10.5. The first-order chi connectivity index (χ1) is 13.6. The predicted octanol–water partition coefficient (Wildman–Crippen LogP) is 3.84. The molecule has 6 nitrogen and oxygen atoms in total. The van der Waals surface area contributed by atoms with Crippen LogP contribution in [0.4, 0.5) is 23.0 Å². The van der Waals surface area contributed by atoms with Crippen molar-refractivity contribution in [1.29, 1.82) is 0 Å². The summed E-state index contributed by atoms with van der Waals surface area (Å²) in [6.07, 6.45) is 0. The fourth-order valence-corrected chi connectivity index (χ4v) is 4.90. The molecule has 5 rings (SSSR count). The molecule has 0 aliphatic carbocycles. The summed E-state index contributed by atoms with van der Waals surface area (Å²) >= 11 is 1.70. The number of nitrogens with zero attached hydrogens (tertiary/aromatic N) is 4. The van der Waals surface area contributed by atoms with Gasteiger partial charge < -0.3 is 4.74 Å². The number of hydrogen-bond donors (Lipinski definition) is 1. The van der Waals surface area contributed by atoms with Crippen molar-refractivity contribution in [2.45, 2.75) is 26.6 Å². The van der Waals surface area contributed by atoms with Gasteiger partial charge in [0.2, 0.25) is 0 Å². The number of ether oxygens (including phenoxy) is 1. The summed E-state index contributed by atoms with van der Waals surface area (Å²) in [6.45, 7) is 4.64. The summed E-state index contributed by atoms with van der Waals surface area (Å²) in [5.41, 5.74) is 6.38. The molecule has 7 heteroatoms. The van der Waals surface area contributed by atoms with Crippen molar-refractivity contribution >= 4 is 23.0 Å². The van der Waals surface area contributed by atoms with E-state index in [1.807, 2.05) is 19.1 Å². The first kappa shape index (κ1) is 17.7. The summed E-state index contributed by atoms with van der Waals surface area (Å²) in [5, 5.41) is 3.45. The van der Waals surface area contributed by atoms with Gasteiger partial charge in [-0.1, -0.05) is 6.07 Å². The molecule has 0 unspecified atom stereocenters. The molecule has 28 heavy (non-hydrogen) atoms. The van der Waals surface area contributed by atoms with Gasteiger partial charge in [0.1, 0.15) is 5.75 Å². The van der Waals surface area contributed by atoms with Crippen LogP contribution in [-0.4, -0.2) is 17.1 Å². The molecule has 0 fully saturated rings. The third-order valence-electron chi connectivity index (χ3n) is 5.21. The minimum absolute atomic E-state index is 0.764. The van der Waals surface area contributed by atoms with E-state index in [9.17, 15) is 0 Å². The number of hydrogen-bond acceptors (Lipinski definition) is 6. The molecule has 2 aliphatic heterocycles. The molecule has 0 saturated heterocycles. The predicted molar refractivity (Wildman–Crippen MR) is 106 cm³/mol. The van der Waals surface area contributed by atoms with Crippen molar-refractivity contribution in [3.05, 3.63) is 65.0 Å². The second kappa shape index (κ2) is 6.89. The maximum absolute atomic E-state index is 5.36. The van der Waals surface area contributed by atoms with E-state index in [1.54, 1.807) is 32.1 Å². The second-order valence-electron chi connectivity index (χ2n) is 7.14. The van der Waals surface area contributed by atoms with Crippen LogP contribution in [0.1, 0.15) is 22.5 Å². The van der Waals surface area contributed by atoms with Gasteiger partial charge in [0, 0.05) is 0 Å². The zero-order valence-electron chi connectivity index (χ0n) is 15.7. The van der Waals surface area contributed by atoms with E-state index in [1.165, 1.54) is 22.4 Å². The Kier molecular flexibility index (Phi) is 4.35. The van der Waals surface area contributed by atoms with Crippen LogP contribution < -0.4 is 17.8 Å². The van der Waals surface area contributed by atoms with Crippen LogP contribution in [0.5, 0.6) is 5.75 Å². The van der Waals surface area contributed by atoms with E-state index in [0.29, 0.717) is 0 Å². The zero-order valence-corrected chi connectivity index (χ0v) is 18.7. The number of fused-ring (bicyclic) bond motifs is 2. The van der Waals surface area contributed by atoms with Gasteiger partial charge in [-0.25, -0.2) is 0 Å². The van der Waals surface area contributed by atoms with Gasteiger partial charge in [0.25, 0.3) is 0 Å². The molecule has 2 aliphatic rings. The number of rotatable bonds is 4. The van der Waals surface area contributed by atoms with E-state index < -0.39 is 0 Å². The second-order valence-corrected chi connectivity index (χ2v) is 8.72. The molecule has 2 aromatic carbocycles. The first-order valence-electron chi connectivity index (χ1n) is 9.19. The number of aryl methyl sites for hydroxylation is 1. The SMILES string of the molecule is COc1ccc2c(c1)CN(c1cc(Nc3ccc4c(c3)CN4[At])nc(C)n1)C2. The number of anilines is 4. The average Bonchev–Trinajstić information content (AvgIpc) is 3.10. The van der Waals surface area contributed by atoms with E-state index in [0.717, 1.165) is 48.5 Å². The van der Waals surface area contributed by atoms with Crippen LogP contribution in [0.15, 0.2) is 42.5 Å². The van der Waals surface area contributed by atoms with Gasteiger partial charge in [-0.15, -0.1) is 0 Å². The van der Waals surface area contributed by atoms with Crippen LogP contribution in [-0.2, 0) is 19.6 Å². The van der Waals surface area contributed by atoms with Crippen LogP contribution in [0.3, 0.4) is 0 Å². The summed E-state index contributed by atoms with van der Waals surface area (Å²) in [7, 11) is 1.70. The molecule has 0 bridgehead atoms. The van der Waals surface area contributed by atoms with Crippen LogP contribution in [0.25, 0.3) is 0 Å². The molecule has 0 radical (unpaired) electrons. The third kappa shape index (κ3) is 3.18. The molecule has 0 amide bonds. The van der Waals surface area contributed by atoms with Gasteiger partial charge in [-0.2, -0.15) is 0 Å². The Morgan fingerprint density at radius 3 is 2.61 bits per heavy atom. The summed E-state index contributed by atoms with van der Waals surface area (Å²) < 4.78 is 7.66. The zero-order chi connectivity index (χ0) is 19.3. The summed E-state index contributed by atoms with van der Waals surface area (Å²) in [4.78, 5) is 11.5. The minimum atomic E-state index is 0.764. The van der Waals surface area contributed by atoms with E-state index in [2.05, 4.69) is 53.4 Å². The van der Waals surface area contributed by atoms with Crippen LogP contribution >= 0.6 is 0 Å². The molecular formula is C21H20AtN5O. The molecule has 142 valence electrons. The molecule has 1 aromatic heterocycles. The van der Waals surface area contributed by atoms with Crippen molar-refractivity contribution in [3.63, 3.8) is 0 Å². The Labute approximate surface area is 179 Å². The molecule has 1 N–H and O–H groups in total. The number of benzene rings is 2. The molecule has 3 aromatic rings. The number of aromatic nitrogens is 2. The van der Waals surface area contributed by atoms with Gasteiger partial charge >= 0.3 is 144 Å². The molecule has 0 spiro atoms. The number of methoxy groups -OCH3 is 1. The third-order valence-corrected chi connectivity index (χ3v) is 6.38. The van der Waals surface area contributed by atoms with Crippen molar-refractivity contribution in [3.8, 4) is 5.75 Å². The van der Waals surface area contributed by atoms with E-state index in [-0.39, 0.29) is 0 Å². The quantitative estimate of drug-likeness (QED) is 0.517. The Morgan fingerprint density at radius 2 is 1.82 bits per heavy atom. The normalized spacial score (nSPS) is 14.4. The molecule has 0 saturated carbocycles. The standard InChI is InChI=1S/C21H20AtN5O/c1-13-23-20(25-17-4-6-19-16(7-17)12-27(19)22)9-21(24-13)26-10-14-3-5-18(28-2)8-15(14)11-26/h3-9H,10-12H2,1-2H3,(H,23,24,25). The van der Waals surface area contributed by atoms with Gasteiger partial charge in [-0.05, 0) is 12.1 Å². The van der Waals surface area contributed by atoms with Crippen molar-refractivity contribution < 1.29 is 29.7 Å². The van der Waals surface area contributed by atoms with E-state index >= 15 is 0 Å². The Bertz CT molecular complexity index is 1070. The Morgan fingerprint density at radius 1 is 0.964 bits per heavy atom. The van der Waals surface area contributed by atoms with Crippen LogP contribution in [0, 0.1) is 31.9 Å². The average molecular weight is 568 g/mol. The molecule has 0 atom stereocenters. The Balaban J connectivity index is 1.38. The van der Waals surface area contributed by atoms with Crippen molar-refractivity contribution in [2.24, 2.45) is 0 Å². The van der Waals surface area contributed by atoms with Gasteiger partial charge in [0.05, 0.1) is 7.11 Å². The fourth-order valence-electron chi connectivity index (χ4n) is 3.76. The van der Waals surface area contributed by atoms with Gasteiger partial charge in [0.15, 0.2) is 0 Å². The summed E-state index contributed by atoms with van der Waals surface area (Å²) in [6, 6.07) is 14.8. The summed E-state index contributed by atoms with van der Waals surface area (Å²) in [5.74, 6) is 3.43. The van der Waals surface area contributed by atoms with Crippen LogP contribution in [0.2, 0.25) is 0 Å².